The molecule has 1 heteroatoms. The molecule has 2 aromatic carbocycles. The average Bonchev–Trinajstić information content (AvgIpc) is 3.05. The van der Waals surface area contributed by atoms with Crippen molar-refractivity contribution >= 4 is 0 Å². The number of aryl methyl sites for hydroxylation is 1. The first kappa shape index (κ1) is 17.5. The fourth-order valence-electron chi connectivity index (χ4n) is 6.92. The largest absolute Gasteiger partial charge is 0.381 e. The molecule has 2 saturated carbocycles. The zero-order chi connectivity index (χ0) is 18.4. The third-order valence-corrected chi connectivity index (χ3v) is 8.24. The Balaban J connectivity index is 1.40. The lowest BCUT2D eigenvalue weighted by atomic mass is 9.55. The first-order valence-electron chi connectivity index (χ1n) is 10.9. The lowest BCUT2D eigenvalue weighted by molar-refractivity contribution is -0.0444. The number of benzene rings is 2. The Labute approximate surface area is 164 Å². The first-order chi connectivity index (χ1) is 13.2. The van der Waals surface area contributed by atoms with Crippen LogP contribution in [0.4, 0.5) is 0 Å². The molecule has 0 aliphatic heterocycles. The molecule has 2 aromatic rings. The van der Waals surface area contributed by atoms with Crippen molar-refractivity contribution < 1.29 is 4.74 Å². The molecular formula is C26H32O. The van der Waals surface area contributed by atoms with Crippen molar-refractivity contribution in [1.82, 2.24) is 0 Å². The van der Waals surface area contributed by atoms with Crippen LogP contribution in [-0.2, 0) is 17.6 Å². The van der Waals surface area contributed by atoms with E-state index >= 15 is 0 Å². The smallest absolute Gasteiger partial charge is 0.0627 e. The summed E-state index contributed by atoms with van der Waals surface area (Å²) in [5.41, 5.74) is 6.61. The average molecular weight is 361 g/mol. The van der Waals surface area contributed by atoms with E-state index in [-0.39, 0.29) is 0 Å². The van der Waals surface area contributed by atoms with Gasteiger partial charge in [-0.1, -0.05) is 55.5 Å². The molecule has 0 bridgehead atoms. The van der Waals surface area contributed by atoms with Gasteiger partial charge in [-0.05, 0) is 90.4 Å². The zero-order valence-corrected chi connectivity index (χ0v) is 16.8. The molecule has 0 radical (unpaired) electrons. The van der Waals surface area contributed by atoms with Crippen molar-refractivity contribution in [1.29, 1.82) is 0 Å². The molecule has 5 rings (SSSR count). The van der Waals surface area contributed by atoms with Crippen LogP contribution < -0.4 is 0 Å². The van der Waals surface area contributed by atoms with Gasteiger partial charge in [-0.15, -0.1) is 0 Å². The lowest BCUT2D eigenvalue weighted by Gasteiger charge is -2.50. The SMILES string of the molecule is COC1CCC2C3CCc4cc(Cc5ccccc5)ccc4C3CCC12C. The van der Waals surface area contributed by atoms with E-state index in [1.54, 1.807) is 11.1 Å². The Kier molecular flexibility index (Phi) is 4.39. The van der Waals surface area contributed by atoms with E-state index < -0.39 is 0 Å². The molecule has 0 heterocycles. The summed E-state index contributed by atoms with van der Waals surface area (Å²) in [6.45, 7) is 2.52. The second kappa shape index (κ2) is 6.78. The molecule has 3 aliphatic carbocycles. The number of methoxy groups -OCH3 is 1. The summed E-state index contributed by atoms with van der Waals surface area (Å²) >= 11 is 0. The van der Waals surface area contributed by atoms with Crippen molar-refractivity contribution in [2.45, 2.75) is 63.9 Å². The molecule has 0 saturated heterocycles. The Morgan fingerprint density at radius 3 is 2.63 bits per heavy atom. The fraction of sp³-hybridized carbons (Fsp3) is 0.538. The van der Waals surface area contributed by atoms with Crippen LogP contribution in [0.25, 0.3) is 0 Å². The molecule has 142 valence electrons. The van der Waals surface area contributed by atoms with E-state index in [1.165, 1.54) is 49.7 Å². The minimum atomic E-state index is 0.417. The number of rotatable bonds is 3. The Bertz CT molecular complexity index is 810. The molecule has 5 unspecified atom stereocenters. The predicted octanol–water partition coefficient (Wildman–Crippen LogP) is 6.15. The Morgan fingerprint density at radius 2 is 1.81 bits per heavy atom. The maximum atomic E-state index is 5.91. The van der Waals surface area contributed by atoms with E-state index in [9.17, 15) is 0 Å². The quantitative estimate of drug-likeness (QED) is 0.638. The fourth-order valence-corrected chi connectivity index (χ4v) is 6.92. The van der Waals surface area contributed by atoms with Crippen LogP contribution in [0.5, 0.6) is 0 Å². The van der Waals surface area contributed by atoms with Crippen LogP contribution in [0.15, 0.2) is 48.5 Å². The van der Waals surface area contributed by atoms with Gasteiger partial charge in [0.25, 0.3) is 0 Å². The molecule has 27 heavy (non-hydrogen) atoms. The highest BCUT2D eigenvalue weighted by Crippen LogP contribution is 2.61. The molecule has 2 fully saturated rings. The summed E-state index contributed by atoms with van der Waals surface area (Å²) < 4.78 is 5.91. The molecule has 0 amide bonds. The van der Waals surface area contributed by atoms with Crippen molar-refractivity contribution in [2.75, 3.05) is 7.11 Å². The summed E-state index contributed by atoms with van der Waals surface area (Å²) in [4.78, 5) is 0. The van der Waals surface area contributed by atoms with Crippen LogP contribution >= 0.6 is 0 Å². The van der Waals surface area contributed by atoms with Gasteiger partial charge >= 0.3 is 0 Å². The maximum absolute atomic E-state index is 5.91. The predicted molar refractivity (Wildman–Crippen MR) is 111 cm³/mol. The molecule has 5 atom stereocenters. The van der Waals surface area contributed by atoms with Crippen molar-refractivity contribution in [2.24, 2.45) is 17.3 Å². The number of hydrogen-bond donors (Lipinski definition) is 0. The summed E-state index contributed by atoms with van der Waals surface area (Å²) in [6.07, 6.45) is 9.51. The highest BCUT2D eigenvalue weighted by molar-refractivity contribution is 5.40. The van der Waals surface area contributed by atoms with Gasteiger partial charge in [0.05, 0.1) is 6.10 Å². The van der Waals surface area contributed by atoms with E-state index in [4.69, 9.17) is 4.74 Å². The van der Waals surface area contributed by atoms with Gasteiger partial charge in [0.2, 0.25) is 0 Å². The standard InChI is InChI=1S/C26H32O/c1-26-15-14-22-21-10-8-19(16-18-6-4-3-5-7-18)17-20(21)9-11-23(22)24(26)12-13-25(26)27-2/h3-8,10,17,22-25H,9,11-16H2,1-2H3. The first-order valence-corrected chi connectivity index (χ1v) is 10.9. The summed E-state index contributed by atoms with van der Waals surface area (Å²) in [6, 6.07) is 18.3. The number of fused-ring (bicyclic) bond motifs is 5. The summed E-state index contributed by atoms with van der Waals surface area (Å²) in [7, 11) is 1.93. The third-order valence-electron chi connectivity index (χ3n) is 8.24. The van der Waals surface area contributed by atoms with Crippen LogP contribution in [0, 0.1) is 17.3 Å². The van der Waals surface area contributed by atoms with Gasteiger partial charge in [-0.25, -0.2) is 0 Å². The van der Waals surface area contributed by atoms with Gasteiger partial charge in [-0.2, -0.15) is 0 Å². The Morgan fingerprint density at radius 1 is 0.963 bits per heavy atom. The van der Waals surface area contributed by atoms with Crippen LogP contribution in [0.2, 0.25) is 0 Å². The zero-order valence-electron chi connectivity index (χ0n) is 16.8. The minimum Gasteiger partial charge on any atom is -0.381 e. The van der Waals surface area contributed by atoms with E-state index in [0.717, 1.165) is 24.2 Å². The molecule has 1 nitrogen and oxygen atoms in total. The molecule has 3 aliphatic rings. The normalized spacial score (nSPS) is 34.6. The van der Waals surface area contributed by atoms with Gasteiger partial charge in [0.15, 0.2) is 0 Å². The molecule has 0 aromatic heterocycles. The molecular weight excluding hydrogens is 328 g/mol. The van der Waals surface area contributed by atoms with E-state index in [1.807, 2.05) is 7.11 Å². The highest BCUT2D eigenvalue weighted by atomic mass is 16.5. The summed E-state index contributed by atoms with van der Waals surface area (Å²) in [5.74, 6) is 2.52. The van der Waals surface area contributed by atoms with Gasteiger partial charge in [0, 0.05) is 7.11 Å². The topological polar surface area (TPSA) is 9.23 Å². The third kappa shape index (κ3) is 2.86. The van der Waals surface area contributed by atoms with Crippen LogP contribution in [-0.4, -0.2) is 13.2 Å². The lowest BCUT2D eigenvalue weighted by Crippen LogP contribution is -2.44. The second-order valence-electron chi connectivity index (χ2n) is 9.46. The van der Waals surface area contributed by atoms with E-state index in [2.05, 4.69) is 55.5 Å². The van der Waals surface area contributed by atoms with Crippen molar-refractivity contribution in [3.8, 4) is 0 Å². The van der Waals surface area contributed by atoms with Crippen molar-refractivity contribution in [3.63, 3.8) is 0 Å². The monoisotopic (exact) mass is 360 g/mol. The molecule has 0 N–H and O–H groups in total. The van der Waals surface area contributed by atoms with Crippen molar-refractivity contribution in [3.05, 3.63) is 70.8 Å². The van der Waals surface area contributed by atoms with Gasteiger partial charge in [0.1, 0.15) is 0 Å². The molecule has 0 spiro atoms. The van der Waals surface area contributed by atoms with Gasteiger partial charge < -0.3 is 4.74 Å². The number of hydrogen-bond acceptors (Lipinski definition) is 1. The van der Waals surface area contributed by atoms with Crippen LogP contribution in [0.3, 0.4) is 0 Å². The maximum Gasteiger partial charge on any atom is 0.0627 e. The summed E-state index contributed by atoms with van der Waals surface area (Å²) in [5, 5.41) is 0. The van der Waals surface area contributed by atoms with E-state index in [0.29, 0.717) is 11.5 Å². The minimum absolute atomic E-state index is 0.417. The number of ether oxygens (including phenoxy) is 1. The highest BCUT2D eigenvalue weighted by Gasteiger charge is 2.54. The van der Waals surface area contributed by atoms with Crippen LogP contribution in [0.1, 0.15) is 67.2 Å². The second-order valence-corrected chi connectivity index (χ2v) is 9.46. The van der Waals surface area contributed by atoms with Gasteiger partial charge in [-0.3, -0.25) is 0 Å². The Hall–Kier alpha value is -1.60.